The third-order valence-corrected chi connectivity index (χ3v) is 6.73. The van der Waals surface area contributed by atoms with Crippen molar-refractivity contribution in [1.29, 1.82) is 0 Å². The molecule has 1 aliphatic rings. The quantitative estimate of drug-likeness (QED) is 0.697. The Bertz CT molecular complexity index is 830. The molecule has 25 heavy (non-hydrogen) atoms. The lowest BCUT2D eigenvalue weighted by molar-refractivity contribution is -0.0786. The molecule has 4 atom stereocenters. The van der Waals surface area contributed by atoms with Gasteiger partial charge in [0, 0.05) is 18.0 Å². The Balaban J connectivity index is 1.83. The molecule has 1 fully saturated rings. The minimum absolute atomic E-state index is 0.0351. The predicted octanol–water partition coefficient (Wildman–Crippen LogP) is 0.449. The first-order chi connectivity index (χ1) is 11.9. The van der Waals surface area contributed by atoms with Crippen molar-refractivity contribution in [3.05, 3.63) is 48.8 Å². The maximum Gasteiger partial charge on any atom is 0.208 e. The van der Waals surface area contributed by atoms with Crippen molar-refractivity contribution < 1.29 is 28.5 Å². The van der Waals surface area contributed by atoms with E-state index in [-0.39, 0.29) is 21.3 Å². The lowest BCUT2D eigenvalue weighted by Crippen LogP contribution is -2.50. The molecular weight excluding hydrogens is 366 g/mol. The first kappa shape index (κ1) is 18.2. The van der Waals surface area contributed by atoms with Gasteiger partial charge in [-0.05, 0) is 12.1 Å². The van der Waals surface area contributed by atoms with Crippen LogP contribution in [0.1, 0.15) is 0 Å². The molecule has 3 rings (SSSR count). The van der Waals surface area contributed by atoms with E-state index in [9.17, 15) is 23.7 Å². The minimum atomic E-state index is -3.74. The average molecular weight is 383 g/mol. The van der Waals surface area contributed by atoms with Gasteiger partial charge in [0.1, 0.15) is 18.0 Å². The van der Waals surface area contributed by atoms with Crippen LogP contribution in [0.4, 0.5) is 0 Å². The predicted molar refractivity (Wildman–Crippen MR) is 91.0 cm³/mol. The summed E-state index contributed by atoms with van der Waals surface area (Å²) in [6, 6.07) is 9.27. The van der Waals surface area contributed by atoms with Gasteiger partial charge in [-0.1, -0.05) is 18.2 Å². The van der Waals surface area contributed by atoms with Gasteiger partial charge >= 0.3 is 0 Å². The smallest absolute Gasteiger partial charge is 0.208 e. The second kappa shape index (κ2) is 7.30. The first-order valence-electron chi connectivity index (χ1n) is 7.47. The van der Waals surface area contributed by atoms with E-state index in [4.69, 9.17) is 4.74 Å². The molecule has 1 saturated heterocycles. The normalized spacial score (nSPS) is 27.0. The molecule has 0 bridgehead atoms. The maximum atomic E-state index is 12.6. The van der Waals surface area contributed by atoms with Crippen molar-refractivity contribution >= 4 is 21.6 Å². The summed E-state index contributed by atoms with van der Waals surface area (Å²) in [6.45, 7) is 0. The first-order valence-corrected chi connectivity index (χ1v) is 10.0. The van der Waals surface area contributed by atoms with Gasteiger partial charge in [-0.25, -0.2) is 8.42 Å². The number of ether oxygens (including phenoxy) is 1. The lowest BCUT2D eigenvalue weighted by Gasteiger charge is -2.34. The van der Waals surface area contributed by atoms with E-state index >= 15 is 0 Å². The maximum absolute atomic E-state index is 12.6. The zero-order valence-electron chi connectivity index (χ0n) is 13.0. The second-order valence-corrected chi connectivity index (χ2v) is 8.62. The van der Waals surface area contributed by atoms with Gasteiger partial charge in [-0.2, -0.15) is 0 Å². The Morgan fingerprint density at radius 3 is 2.48 bits per heavy atom. The summed E-state index contributed by atoms with van der Waals surface area (Å²) in [4.78, 5) is 4.00. The summed E-state index contributed by atoms with van der Waals surface area (Å²) < 4.78 is 30.8. The van der Waals surface area contributed by atoms with Crippen LogP contribution in [0.3, 0.4) is 0 Å². The second-order valence-electron chi connectivity index (χ2n) is 5.54. The topological polar surface area (TPSA) is 117 Å². The van der Waals surface area contributed by atoms with Gasteiger partial charge in [0.25, 0.3) is 0 Å². The fourth-order valence-corrected chi connectivity index (χ4v) is 4.74. The van der Waals surface area contributed by atoms with E-state index in [1.165, 1.54) is 30.6 Å². The van der Waals surface area contributed by atoms with Crippen LogP contribution in [0.2, 0.25) is 0 Å². The van der Waals surface area contributed by atoms with E-state index < -0.39 is 33.6 Å². The molecule has 0 saturated carbocycles. The summed E-state index contributed by atoms with van der Waals surface area (Å²) in [5.74, 6) is 0.343. The van der Waals surface area contributed by atoms with Crippen molar-refractivity contribution in [2.75, 3.05) is 5.75 Å². The third kappa shape index (κ3) is 3.80. The van der Waals surface area contributed by atoms with Crippen LogP contribution in [0.15, 0.2) is 58.6 Å². The number of nitrogens with zero attached hydrogens (tertiary/aromatic N) is 1. The number of benzene rings is 1. The number of hydrogen-bond acceptors (Lipinski definition) is 8. The van der Waals surface area contributed by atoms with E-state index in [1.54, 1.807) is 18.2 Å². The van der Waals surface area contributed by atoms with Crippen molar-refractivity contribution in [3.63, 3.8) is 0 Å². The summed E-state index contributed by atoms with van der Waals surface area (Å²) in [6.07, 6.45) is -1.12. The fourth-order valence-electron chi connectivity index (χ4n) is 2.36. The van der Waals surface area contributed by atoms with Crippen molar-refractivity contribution in [2.24, 2.45) is 0 Å². The van der Waals surface area contributed by atoms with Gasteiger partial charge in [-0.15, -0.1) is 11.8 Å². The molecule has 9 heteroatoms. The molecule has 1 aromatic heterocycles. The highest BCUT2D eigenvalue weighted by atomic mass is 32.2. The summed E-state index contributed by atoms with van der Waals surface area (Å²) in [5.41, 5.74) is -0.838. The standard InChI is InChI=1S/C16H17NO6S2/c18-13-9-24-16(15(20)14(13)19)23-10-6-12(8-17-7-10)25(21,22)11-4-2-1-3-5-11/h1-8,13-16,18-20H,9H2/t13-,14+,15-,16+/m1/s1. The van der Waals surface area contributed by atoms with Gasteiger partial charge in [0.2, 0.25) is 9.84 Å². The zero-order chi connectivity index (χ0) is 18.0. The Kier molecular flexibility index (Phi) is 5.30. The third-order valence-electron chi connectivity index (χ3n) is 3.76. The summed E-state index contributed by atoms with van der Waals surface area (Å²) in [7, 11) is -3.74. The van der Waals surface area contributed by atoms with Gasteiger partial charge < -0.3 is 20.1 Å². The molecular formula is C16H17NO6S2. The number of thioether (sulfide) groups is 1. The number of sulfone groups is 1. The van der Waals surface area contributed by atoms with Crippen molar-refractivity contribution in [3.8, 4) is 5.75 Å². The largest absolute Gasteiger partial charge is 0.475 e. The number of aliphatic hydroxyl groups is 3. The molecule has 1 aromatic carbocycles. The summed E-state index contributed by atoms with van der Waals surface area (Å²) >= 11 is 1.13. The molecule has 7 nitrogen and oxygen atoms in total. The summed E-state index contributed by atoms with van der Waals surface area (Å²) in [5, 5.41) is 29.2. The fraction of sp³-hybridized carbons (Fsp3) is 0.312. The highest BCUT2D eigenvalue weighted by Crippen LogP contribution is 2.30. The average Bonchev–Trinajstić information content (AvgIpc) is 2.63. The Morgan fingerprint density at radius 1 is 1.04 bits per heavy atom. The van der Waals surface area contributed by atoms with Crippen molar-refractivity contribution in [2.45, 2.75) is 33.5 Å². The highest BCUT2D eigenvalue weighted by Gasteiger charge is 2.38. The molecule has 3 N–H and O–H groups in total. The SMILES string of the molecule is O=S(=O)(c1ccccc1)c1cncc(O[C@H]2SC[C@@H](O)[C@H](O)[C@H]2O)c1. The van der Waals surface area contributed by atoms with Crippen LogP contribution in [-0.2, 0) is 9.84 Å². The number of aromatic nitrogens is 1. The Morgan fingerprint density at radius 2 is 1.76 bits per heavy atom. The van der Waals surface area contributed by atoms with Gasteiger partial charge in [0.15, 0.2) is 5.44 Å². The van der Waals surface area contributed by atoms with E-state index in [2.05, 4.69) is 4.98 Å². The minimum Gasteiger partial charge on any atom is -0.475 e. The molecule has 0 radical (unpaired) electrons. The number of pyridine rings is 1. The van der Waals surface area contributed by atoms with Crippen LogP contribution >= 0.6 is 11.8 Å². The number of rotatable bonds is 4. The Hall–Kier alpha value is -1.65. The van der Waals surface area contributed by atoms with E-state index in [1.807, 2.05) is 0 Å². The van der Waals surface area contributed by atoms with Gasteiger partial charge in [0.05, 0.1) is 22.1 Å². The van der Waals surface area contributed by atoms with Crippen LogP contribution in [-0.4, -0.2) is 58.2 Å². The highest BCUT2D eigenvalue weighted by molar-refractivity contribution is 7.99. The molecule has 0 aliphatic carbocycles. The molecule has 2 aromatic rings. The van der Waals surface area contributed by atoms with E-state index in [0.717, 1.165) is 11.8 Å². The molecule has 134 valence electrons. The van der Waals surface area contributed by atoms with Crippen LogP contribution in [0.5, 0.6) is 5.75 Å². The monoisotopic (exact) mass is 383 g/mol. The lowest BCUT2D eigenvalue weighted by atomic mass is 10.1. The van der Waals surface area contributed by atoms with Crippen LogP contribution in [0, 0.1) is 0 Å². The number of hydrogen-bond donors (Lipinski definition) is 3. The molecule has 0 amide bonds. The van der Waals surface area contributed by atoms with Crippen LogP contribution < -0.4 is 4.74 Å². The molecule has 0 unspecified atom stereocenters. The Labute approximate surface area is 149 Å². The molecule has 2 heterocycles. The van der Waals surface area contributed by atoms with Gasteiger partial charge in [-0.3, -0.25) is 4.98 Å². The zero-order valence-corrected chi connectivity index (χ0v) is 14.6. The molecule has 1 aliphatic heterocycles. The number of aliphatic hydroxyl groups excluding tert-OH is 3. The molecule has 0 spiro atoms. The van der Waals surface area contributed by atoms with Crippen LogP contribution in [0.25, 0.3) is 0 Å². The van der Waals surface area contributed by atoms with E-state index in [0.29, 0.717) is 0 Å². The van der Waals surface area contributed by atoms with Crippen molar-refractivity contribution in [1.82, 2.24) is 4.98 Å².